The molecule has 3 nitrogen and oxygen atoms in total. The molecule has 2 aliphatic rings. The van der Waals surface area contributed by atoms with Crippen LogP contribution in [-0.4, -0.2) is 24.2 Å². The molecule has 0 saturated heterocycles. The third kappa shape index (κ3) is 3.65. The van der Waals surface area contributed by atoms with Crippen molar-refractivity contribution in [3.63, 3.8) is 0 Å². The van der Waals surface area contributed by atoms with Crippen LogP contribution in [0.1, 0.15) is 42.5 Å². The Balaban J connectivity index is 1.79. The highest BCUT2D eigenvalue weighted by Gasteiger charge is 2.40. The number of benzene rings is 1. The zero-order valence-corrected chi connectivity index (χ0v) is 15.5. The molecule has 126 valence electrons. The summed E-state index contributed by atoms with van der Waals surface area (Å²) < 4.78 is 0. The highest BCUT2D eigenvalue weighted by molar-refractivity contribution is 7.98. The number of carbonyl (C=O) groups excluding carboxylic acids is 1. The van der Waals surface area contributed by atoms with E-state index in [0.29, 0.717) is 27.4 Å². The number of hydrogen-bond acceptors (Lipinski definition) is 3. The molecule has 0 aromatic heterocycles. The predicted octanol–water partition coefficient (Wildman–Crippen LogP) is 4.35. The summed E-state index contributed by atoms with van der Waals surface area (Å²) in [6.07, 6.45) is 7.49. The van der Waals surface area contributed by atoms with E-state index in [-0.39, 0.29) is 18.0 Å². The summed E-state index contributed by atoms with van der Waals surface area (Å²) in [5.74, 6) is 0.888. The van der Waals surface area contributed by atoms with E-state index >= 15 is 0 Å². The number of fused-ring (bicyclic) bond motifs is 2. The first kappa shape index (κ1) is 17.4. The summed E-state index contributed by atoms with van der Waals surface area (Å²) in [6.45, 7) is 0. The SMILES string of the molecule is CSc1cc(C(=O)NC2C3CCCC2CC(N)C3)c(Cl)cc1Cl. The third-order valence-corrected chi connectivity index (χ3v) is 6.68. The lowest BCUT2D eigenvalue weighted by Gasteiger charge is -2.45. The molecule has 3 rings (SSSR count). The van der Waals surface area contributed by atoms with E-state index in [2.05, 4.69) is 5.32 Å². The predicted molar refractivity (Wildman–Crippen MR) is 97.5 cm³/mol. The van der Waals surface area contributed by atoms with Crippen LogP contribution >= 0.6 is 35.0 Å². The number of hydrogen-bond donors (Lipinski definition) is 2. The first-order chi connectivity index (χ1) is 11.0. The molecule has 0 aliphatic heterocycles. The van der Waals surface area contributed by atoms with Crippen LogP contribution in [0.3, 0.4) is 0 Å². The van der Waals surface area contributed by atoms with E-state index in [1.165, 1.54) is 18.2 Å². The van der Waals surface area contributed by atoms with Crippen LogP contribution in [-0.2, 0) is 0 Å². The number of nitrogens with one attached hydrogen (secondary N) is 1. The van der Waals surface area contributed by atoms with Crippen LogP contribution in [0, 0.1) is 11.8 Å². The van der Waals surface area contributed by atoms with Gasteiger partial charge in [-0.3, -0.25) is 4.79 Å². The van der Waals surface area contributed by atoms with Crippen molar-refractivity contribution in [1.29, 1.82) is 0 Å². The fraction of sp³-hybridized carbons (Fsp3) is 0.588. The van der Waals surface area contributed by atoms with E-state index in [9.17, 15) is 4.79 Å². The van der Waals surface area contributed by atoms with Gasteiger partial charge in [-0.05, 0) is 55.9 Å². The van der Waals surface area contributed by atoms with Gasteiger partial charge in [0.2, 0.25) is 0 Å². The minimum Gasteiger partial charge on any atom is -0.349 e. The standard InChI is InChI=1S/C17H22Cl2N2OS/c1-23-15-7-12(13(18)8-14(15)19)17(22)21-16-9-3-2-4-10(16)6-11(20)5-9/h7-11,16H,2-6,20H2,1H3,(H,21,22). The Morgan fingerprint density at radius 3 is 2.48 bits per heavy atom. The highest BCUT2D eigenvalue weighted by atomic mass is 35.5. The number of amides is 1. The lowest BCUT2D eigenvalue weighted by Crippen LogP contribution is -2.53. The van der Waals surface area contributed by atoms with Gasteiger partial charge < -0.3 is 11.1 Å². The van der Waals surface area contributed by atoms with E-state index in [1.54, 1.807) is 12.1 Å². The van der Waals surface area contributed by atoms with E-state index in [0.717, 1.165) is 30.6 Å². The van der Waals surface area contributed by atoms with Gasteiger partial charge in [-0.15, -0.1) is 11.8 Å². The zero-order valence-electron chi connectivity index (χ0n) is 13.1. The average molecular weight is 373 g/mol. The summed E-state index contributed by atoms with van der Waals surface area (Å²) >= 11 is 13.9. The minimum absolute atomic E-state index is 0.0978. The maximum atomic E-state index is 12.7. The summed E-state index contributed by atoms with van der Waals surface area (Å²) in [7, 11) is 0. The monoisotopic (exact) mass is 372 g/mol. The Hall–Kier alpha value is -0.420. The normalized spacial score (nSPS) is 30.1. The number of thioether (sulfide) groups is 1. The molecule has 2 fully saturated rings. The molecule has 2 atom stereocenters. The van der Waals surface area contributed by atoms with Gasteiger partial charge in [-0.25, -0.2) is 0 Å². The summed E-state index contributed by atoms with van der Waals surface area (Å²) in [5.41, 5.74) is 6.66. The summed E-state index contributed by atoms with van der Waals surface area (Å²) in [6, 6.07) is 3.94. The number of carbonyl (C=O) groups is 1. The van der Waals surface area contributed by atoms with Crippen molar-refractivity contribution in [2.75, 3.05) is 6.26 Å². The molecule has 3 N–H and O–H groups in total. The van der Waals surface area contributed by atoms with E-state index < -0.39 is 0 Å². The van der Waals surface area contributed by atoms with Crippen molar-refractivity contribution in [3.8, 4) is 0 Å². The fourth-order valence-corrected chi connectivity index (χ4v) is 5.30. The second kappa shape index (κ2) is 7.22. The second-order valence-corrected chi connectivity index (χ2v) is 8.31. The number of nitrogens with two attached hydrogens (primary N) is 1. The molecule has 1 aromatic carbocycles. The molecule has 1 aromatic rings. The molecule has 23 heavy (non-hydrogen) atoms. The van der Waals surface area contributed by atoms with Gasteiger partial charge in [-0.1, -0.05) is 29.6 Å². The number of halogens is 2. The van der Waals surface area contributed by atoms with Crippen molar-refractivity contribution in [2.24, 2.45) is 17.6 Å². The molecule has 2 unspecified atom stereocenters. The topological polar surface area (TPSA) is 55.1 Å². The van der Waals surface area contributed by atoms with Gasteiger partial charge >= 0.3 is 0 Å². The molecule has 0 spiro atoms. The molecule has 0 radical (unpaired) electrons. The largest absolute Gasteiger partial charge is 0.349 e. The Morgan fingerprint density at radius 1 is 1.22 bits per heavy atom. The highest BCUT2D eigenvalue weighted by Crippen LogP contribution is 2.40. The smallest absolute Gasteiger partial charge is 0.253 e. The van der Waals surface area contributed by atoms with Crippen LogP contribution in [0.5, 0.6) is 0 Å². The second-order valence-electron chi connectivity index (χ2n) is 6.65. The molecular formula is C17H22Cl2N2OS. The van der Waals surface area contributed by atoms with Crippen LogP contribution in [0.25, 0.3) is 0 Å². The Morgan fingerprint density at radius 2 is 1.87 bits per heavy atom. The van der Waals surface area contributed by atoms with E-state index in [4.69, 9.17) is 28.9 Å². The Bertz CT molecular complexity index is 597. The summed E-state index contributed by atoms with van der Waals surface area (Å²) in [4.78, 5) is 13.6. The van der Waals surface area contributed by atoms with Gasteiger partial charge in [0, 0.05) is 17.0 Å². The summed E-state index contributed by atoms with van der Waals surface area (Å²) in [5, 5.41) is 4.23. The Labute approximate surface area is 151 Å². The van der Waals surface area contributed by atoms with Crippen LogP contribution < -0.4 is 11.1 Å². The lowest BCUT2D eigenvalue weighted by molar-refractivity contribution is 0.0756. The molecule has 2 aliphatic carbocycles. The lowest BCUT2D eigenvalue weighted by atomic mass is 9.67. The molecular weight excluding hydrogens is 351 g/mol. The number of rotatable bonds is 3. The molecule has 2 saturated carbocycles. The van der Waals surface area contributed by atoms with Gasteiger partial charge in [0.1, 0.15) is 0 Å². The fourth-order valence-electron chi connectivity index (χ4n) is 4.11. The molecule has 2 bridgehead atoms. The van der Waals surface area contributed by atoms with Crippen molar-refractivity contribution in [1.82, 2.24) is 5.32 Å². The first-order valence-corrected chi connectivity index (χ1v) is 10.1. The molecule has 6 heteroatoms. The Kier molecular flexibility index (Phi) is 5.46. The maximum Gasteiger partial charge on any atom is 0.253 e. The first-order valence-electron chi connectivity index (χ1n) is 8.09. The van der Waals surface area contributed by atoms with Crippen molar-refractivity contribution >= 4 is 40.9 Å². The van der Waals surface area contributed by atoms with Crippen molar-refractivity contribution in [2.45, 2.75) is 49.1 Å². The zero-order chi connectivity index (χ0) is 16.6. The quantitative estimate of drug-likeness (QED) is 0.775. The van der Waals surface area contributed by atoms with Gasteiger partial charge in [0.25, 0.3) is 5.91 Å². The molecule has 0 heterocycles. The minimum atomic E-state index is -0.0978. The van der Waals surface area contributed by atoms with Gasteiger partial charge in [-0.2, -0.15) is 0 Å². The molecule has 1 amide bonds. The van der Waals surface area contributed by atoms with Crippen molar-refractivity contribution in [3.05, 3.63) is 27.7 Å². The third-order valence-electron chi connectivity index (χ3n) is 5.16. The maximum absolute atomic E-state index is 12.7. The average Bonchev–Trinajstić information content (AvgIpc) is 2.48. The van der Waals surface area contributed by atoms with Crippen LogP contribution in [0.4, 0.5) is 0 Å². The van der Waals surface area contributed by atoms with E-state index in [1.807, 2.05) is 6.26 Å². The van der Waals surface area contributed by atoms with Crippen molar-refractivity contribution < 1.29 is 4.79 Å². The van der Waals surface area contributed by atoms with Crippen LogP contribution in [0.15, 0.2) is 17.0 Å². The van der Waals surface area contributed by atoms with Crippen LogP contribution in [0.2, 0.25) is 10.0 Å². The van der Waals surface area contributed by atoms with Gasteiger partial charge in [0.15, 0.2) is 0 Å². The van der Waals surface area contributed by atoms with Gasteiger partial charge in [0.05, 0.1) is 15.6 Å².